The van der Waals surface area contributed by atoms with Gasteiger partial charge in [-0.1, -0.05) is 17.7 Å². The molecule has 1 unspecified atom stereocenters. The molecule has 0 fully saturated rings. The highest BCUT2D eigenvalue weighted by atomic mass is 16.5. The molecule has 118 valence electrons. The van der Waals surface area contributed by atoms with Crippen LogP contribution in [0.15, 0.2) is 24.3 Å². The Morgan fingerprint density at radius 1 is 1.33 bits per heavy atom. The fraction of sp³-hybridized carbons (Fsp3) is 0.562. The Morgan fingerprint density at radius 3 is 2.52 bits per heavy atom. The molecule has 1 aromatic carbocycles. The van der Waals surface area contributed by atoms with E-state index < -0.39 is 5.60 Å². The van der Waals surface area contributed by atoms with Crippen molar-refractivity contribution < 1.29 is 14.6 Å². The quantitative estimate of drug-likeness (QED) is 0.756. The predicted molar refractivity (Wildman–Crippen MR) is 83.5 cm³/mol. The second kappa shape index (κ2) is 8.00. The van der Waals surface area contributed by atoms with Gasteiger partial charge in [0.05, 0.1) is 18.6 Å². The number of benzene rings is 1. The number of nitrogens with one attached hydrogen (secondary N) is 1. The zero-order valence-electron chi connectivity index (χ0n) is 13.3. The van der Waals surface area contributed by atoms with Gasteiger partial charge in [0, 0.05) is 13.1 Å². The number of carbonyl (C=O) groups is 1. The van der Waals surface area contributed by atoms with E-state index in [9.17, 15) is 9.90 Å². The summed E-state index contributed by atoms with van der Waals surface area (Å²) in [7, 11) is 3.76. The lowest BCUT2D eigenvalue weighted by atomic mass is 10.1. The second-order valence-corrected chi connectivity index (χ2v) is 5.92. The van der Waals surface area contributed by atoms with Gasteiger partial charge < -0.3 is 20.1 Å². The van der Waals surface area contributed by atoms with Crippen LogP contribution < -0.4 is 10.1 Å². The van der Waals surface area contributed by atoms with Gasteiger partial charge >= 0.3 is 0 Å². The summed E-state index contributed by atoms with van der Waals surface area (Å²) in [6.07, 6.45) is 0.270. The molecule has 0 aromatic heterocycles. The zero-order chi connectivity index (χ0) is 15.9. The average Bonchev–Trinajstić information content (AvgIpc) is 2.37. The first kappa shape index (κ1) is 17.5. The number of ether oxygens (including phenoxy) is 1. The van der Waals surface area contributed by atoms with E-state index in [1.54, 1.807) is 6.92 Å². The smallest absolute Gasteiger partial charge is 0.223 e. The van der Waals surface area contributed by atoms with Crippen molar-refractivity contribution in [3.05, 3.63) is 29.8 Å². The van der Waals surface area contributed by atoms with Crippen molar-refractivity contribution in [3.63, 3.8) is 0 Å². The molecular formula is C16H26N2O3. The van der Waals surface area contributed by atoms with Gasteiger partial charge in [0.25, 0.3) is 0 Å². The molecule has 0 saturated carbocycles. The van der Waals surface area contributed by atoms with Crippen LogP contribution in [0.25, 0.3) is 0 Å². The molecular weight excluding hydrogens is 268 g/mol. The maximum absolute atomic E-state index is 11.7. The summed E-state index contributed by atoms with van der Waals surface area (Å²) in [6, 6.07) is 7.70. The van der Waals surface area contributed by atoms with Crippen LogP contribution in [0.3, 0.4) is 0 Å². The van der Waals surface area contributed by atoms with Crippen molar-refractivity contribution >= 4 is 5.91 Å². The van der Waals surface area contributed by atoms with Crippen molar-refractivity contribution in [2.45, 2.75) is 25.9 Å². The van der Waals surface area contributed by atoms with E-state index in [1.807, 2.05) is 50.2 Å². The van der Waals surface area contributed by atoms with E-state index in [1.165, 1.54) is 5.56 Å². The van der Waals surface area contributed by atoms with Crippen LogP contribution in [0, 0.1) is 6.92 Å². The highest BCUT2D eigenvalue weighted by molar-refractivity contribution is 5.76. The second-order valence-electron chi connectivity index (χ2n) is 5.92. The van der Waals surface area contributed by atoms with E-state index in [2.05, 4.69) is 5.32 Å². The molecule has 5 heteroatoms. The Kier molecular flexibility index (Phi) is 6.65. The molecule has 0 bridgehead atoms. The number of amides is 1. The number of likely N-dealkylation sites (N-methyl/N-ethyl adjacent to an activating group) is 1. The molecule has 1 atom stereocenters. The average molecular weight is 294 g/mol. The molecule has 0 aliphatic carbocycles. The van der Waals surface area contributed by atoms with Crippen molar-refractivity contribution in [3.8, 4) is 5.75 Å². The maximum atomic E-state index is 11.7. The Labute approximate surface area is 126 Å². The summed E-state index contributed by atoms with van der Waals surface area (Å²) >= 11 is 0. The molecule has 1 rings (SSSR count). The highest BCUT2D eigenvalue weighted by Gasteiger charge is 2.21. The van der Waals surface area contributed by atoms with Gasteiger partial charge in [-0.05, 0) is 40.1 Å². The van der Waals surface area contributed by atoms with E-state index >= 15 is 0 Å². The lowest BCUT2D eigenvalue weighted by Gasteiger charge is -2.27. The van der Waals surface area contributed by atoms with Crippen LogP contribution in [0.4, 0.5) is 0 Å². The Hall–Kier alpha value is -1.59. The lowest BCUT2D eigenvalue weighted by Crippen LogP contribution is -2.47. The molecule has 2 N–H and O–H groups in total. The molecule has 0 radical (unpaired) electrons. The fourth-order valence-corrected chi connectivity index (χ4v) is 2.01. The zero-order valence-corrected chi connectivity index (χ0v) is 13.3. The van der Waals surface area contributed by atoms with Gasteiger partial charge in [0.15, 0.2) is 0 Å². The fourth-order valence-electron chi connectivity index (χ4n) is 2.01. The van der Waals surface area contributed by atoms with Crippen LogP contribution in [-0.2, 0) is 4.79 Å². The van der Waals surface area contributed by atoms with Crippen molar-refractivity contribution in [2.75, 3.05) is 33.8 Å². The number of rotatable bonds is 8. The molecule has 0 saturated heterocycles. The van der Waals surface area contributed by atoms with Crippen LogP contribution in [-0.4, -0.2) is 55.3 Å². The minimum Gasteiger partial charge on any atom is -0.493 e. The standard InChI is InChI=1S/C16H26N2O3/c1-13-5-7-14(8-6-13)21-10-9-15(19)17-11-16(2,20)12-18(3)4/h5-8,20H,9-12H2,1-4H3,(H,17,19). The summed E-state index contributed by atoms with van der Waals surface area (Å²) in [5, 5.41) is 12.8. The molecule has 0 heterocycles. The van der Waals surface area contributed by atoms with Gasteiger partial charge in [-0.2, -0.15) is 0 Å². The summed E-state index contributed by atoms with van der Waals surface area (Å²) < 4.78 is 5.50. The number of aliphatic hydroxyl groups is 1. The van der Waals surface area contributed by atoms with E-state index in [0.29, 0.717) is 13.2 Å². The lowest BCUT2D eigenvalue weighted by molar-refractivity contribution is -0.122. The first-order valence-electron chi connectivity index (χ1n) is 7.12. The van der Waals surface area contributed by atoms with Crippen LogP contribution in [0.2, 0.25) is 0 Å². The number of hydrogen-bond acceptors (Lipinski definition) is 4. The third-order valence-corrected chi connectivity index (χ3v) is 2.94. The Bertz CT molecular complexity index is 441. The largest absolute Gasteiger partial charge is 0.493 e. The molecule has 1 aromatic rings. The van der Waals surface area contributed by atoms with E-state index in [-0.39, 0.29) is 18.9 Å². The third-order valence-electron chi connectivity index (χ3n) is 2.94. The minimum absolute atomic E-state index is 0.124. The predicted octanol–water partition coefficient (Wildman–Crippen LogP) is 1.19. The van der Waals surface area contributed by atoms with Gasteiger partial charge in [0.2, 0.25) is 5.91 Å². The van der Waals surface area contributed by atoms with Crippen molar-refractivity contribution in [1.29, 1.82) is 0 Å². The summed E-state index contributed by atoms with van der Waals surface area (Å²) in [6.45, 7) is 4.76. The highest BCUT2D eigenvalue weighted by Crippen LogP contribution is 2.11. The molecule has 1 amide bonds. The number of hydrogen-bond donors (Lipinski definition) is 2. The Balaban J connectivity index is 2.23. The monoisotopic (exact) mass is 294 g/mol. The SMILES string of the molecule is Cc1ccc(OCCC(=O)NCC(C)(O)CN(C)C)cc1. The molecule has 0 aliphatic rings. The third kappa shape index (κ3) is 7.68. The van der Waals surface area contributed by atoms with E-state index in [0.717, 1.165) is 5.75 Å². The molecule has 5 nitrogen and oxygen atoms in total. The van der Waals surface area contributed by atoms with Gasteiger partial charge in [-0.3, -0.25) is 4.79 Å². The normalized spacial score (nSPS) is 13.8. The van der Waals surface area contributed by atoms with E-state index in [4.69, 9.17) is 4.74 Å². The number of nitrogens with zero attached hydrogens (tertiary/aromatic N) is 1. The first-order valence-corrected chi connectivity index (χ1v) is 7.12. The summed E-state index contributed by atoms with van der Waals surface area (Å²) in [5.41, 5.74) is 0.236. The van der Waals surface area contributed by atoms with Crippen LogP contribution >= 0.6 is 0 Å². The number of aryl methyl sites for hydroxylation is 1. The van der Waals surface area contributed by atoms with Crippen molar-refractivity contribution in [2.24, 2.45) is 0 Å². The van der Waals surface area contributed by atoms with Gasteiger partial charge in [-0.25, -0.2) is 0 Å². The molecule has 0 spiro atoms. The Morgan fingerprint density at radius 2 is 1.95 bits per heavy atom. The minimum atomic E-state index is -0.934. The van der Waals surface area contributed by atoms with Crippen LogP contribution in [0.1, 0.15) is 18.9 Å². The topological polar surface area (TPSA) is 61.8 Å². The van der Waals surface area contributed by atoms with Crippen molar-refractivity contribution in [1.82, 2.24) is 10.2 Å². The summed E-state index contributed by atoms with van der Waals surface area (Å²) in [5.74, 6) is 0.633. The maximum Gasteiger partial charge on any atom is 0.223 e. The number of carbonyl (C=O) groups excluding carboxylic acids is 1. The first-order chi connectivity index (χ1) is 9.78. The van der Waals surface area contributed by atoms with Gasteiger partial charge in [0.1, 0.15) is 5.75 Å². The summed E-state index contributed by atoms with van der Waals surface area (Å²) in [4.78, 5) is 13.6. The van der Waals surface area contributed by atoms with Crippen LogP contribution in [0.5, 0.6) is 5.75 Å². The molecule has 21 heavy (non-hydrogen) atoms. The van der Waals surface area contributed by atoms with Gasteiger partial charge in [-0.15, -0.1) is 0 Å². The molecule has 0 aliphatic heterocycles.